The Labute approximate surface area is 126 Å². The van der Waals surface area contributed by atoms with Crippen LogP contribution in [0.1, 0.15) is 11.3 Å². The van der Waals surface area contributed by atoms with Gasteiger partial charge in [0.2, 0.25) is 0 Å². The minimum Gasteiger partial charge on any atom is -0.380 e. The van der Waals surface area contributed by atoms with Gasteiger partial charge in [-0.2, -0.15) is 0 Å². The predicted octanol–water partition coefficient (Wildman–Crippen LogP) is 2.77. The van der Waals surface area contributed by atoms with Crippen molar-refractivity contribution in [2.45, 2.75) is 13.0 Å². The fourth-order valence-corrected chi connectivity index (χ4v) is 2.88. The highest BCUT2D eigenvalue weighted by atomic mass is 16.5. The van der Waals surface area contributed by atoms with Gasteiger partial charge in [0, 0.05) is 37.4 Å². The maximum atomic E-state index is 5.78. The lowest BCUT2D eigenvalue weighted by molar-refractivity contribution is 0.121. The Morgan fingerprint density at radius 2 is 1.95 bits per heavy atom. The normalized spacial score (nSPS) is 20.1. The van der Waals surface area contributed by atoms with E-state index in [0.29, 0.717) is 5.92 Å². The van der Waals surface area contributed by atoms with E-state index in [9.17, 15) is 0 Å². The summed E-state index contributed by atoms with van der Waals surface area (Å²) in [6.45, 7) is 4.75. The molecule has 1 saturated heterocycles. The molecule has 3 rings (SSSR count). The smallest absolute Gasteiger partial charge is 0.0593 e. The van der Waals surface area contributed by atoms with Crippen LogP contribution in [0.2, 0.25) is 0 Å². The SMILES string of the molecule is c1ccc(CN2CCOC[C@H](Cc3ccccn3)C2)cc1. The number of benzene rings is 1. The van der Waals surface area contributed by atoms with Crippen molar-refractivity contribution in [2.24, 2.45) is 5.92 Å². The molecule has 0 unspecified atom stereocenters. The molecular formula is C18H22N2O. The van der Waals surface area contributed by atoms with Crippen LogP contribution in [0.4, 0.5) is 0 Å². The zero-order valence-corrected chi connectivity index (χ0v) is 12.3. The topological polar surface area (TPSA) is 25.4 Å². The summed E-state index contributed by atoms with van der Waals surface area (Å²) in [7, 11) is 0. The minimum atomic E-state index is 0.520. The Morgan fingerprint density at radius 1 is 1.10 bits per heavy atom. The van der Waals surface area contributed by atoms with E-state index in [1.54, 1.807) is 0 Å². The third-order valence-corrected chi connectivity index (χ3v) is 3.89. The molecule has 0 bridgehead atoms. The fourth-order valence-electron chi connectivity index (χ4n) is 2.88. The Bertz CT molecular complexity index is 480. The van der Waals surface area contributed by atoms with Gasteiger partial charge in [-0.3, -0.25) is 9.88 Å². The number of hydrogen-bond acceptors (Lipinski definition) is 3. The quantitative estimate of drug-likeness (QED) is 0.862. The number of rotatable bonds is 4. The molecule has 2 aromatic rings. The summed E-state index contributed by atoms with van der Waals surface area (Å²) in [5.41, 5.74) is 2.53. The lowest BCUT2D eigenvalue weighted by Gasteiger charge is -2.23. The van der Waals surface area contributed by atoms with Gasteiger partial charge in [0.25, 0.3) is 0 Å². The molecule has 3 heteroatoms. The molecule has 3 nitrogen and oxygen atoms in total. The molecule has 1 aliphatic heterocycles. The largest absolute Gasteiger partial charge is 0.380 e. The van der Waals surface area contributed by atoms with Gasteiger partial charge in [-0.25, -0.2) is 0 Å². The molecule has 1 atom stereocenters. The Hall–Kier alpha value is -1.71. The average Bonchev–Trinajstić information content (AvgIpc) is 2.74. The van der Waals surface area contributed by atoms with Crippen molar-refractivity contribution in [3.63, 3.8) is 0 Å². The van der Waals surface area contributed by atoms with Gasteiger partial charge < -0.3 is 4.74 Å². The van der Waals surface area contributed by atoms with Gasteiger partial charge >= 0.3 is 0 Å². The molecule has 0 saturated carbocycles. The first-order chi connectivity index (χ1) is 10.4. The van der Waals surface area contributed by atoms with Crippen molar-refractivity contribution in [2.75, 3.05) is 26.3 Å². The molecule has 110 valence electrons. The van der Waals surface area contributed by atoms with E-state index in [0.717, 1.165) is 45.0 Å². The third kappa shape index (κ3) is 4.38. The maximum Gasteiger partial charge on any atom is 0.0593 e. The van der Waals surface area contributed by atoms with Crippen LogP contribution >= 0.6 is 0 Å². The maximum absolute atomic E-state index is 5.78. The highest BCUT2D eigenvalue weighted by Crippen LogP contribution is 2.14. The molecule has 0 spiro atoms. The van der Waals surface area contributed by atoms with E-state index in [1.165, 1.54) is 5.56 Å². The van der Waals surface area contributed by atoms with Gasteiger partial charge in [-0.15, -0.1) is 0 Å². The Balaban J connectivity index is 1.61. The second-order valence-electron chi connectivity index (χ2n) is 5.69. The molecular weight excluding hydrogens is 260 g/mol. The predicted molar refractivity (Wildman–Crippen MR) is 84.0 cm³/mol. The Morgan fingerprint density at radius 3 is 2.76 bits per heavy atom. The number of nitrogens with zero attached hydrogens (tertiary/aromatic N) is 2. The van der Waals surface area contributed by atoms with Gasteiger partial charge in [0.15, 0.2) is 0 Å². The van der Waals surface area contributed by atoms with E-state index in [-0.39, 0.29) is 0 Å². The lowest BCUT2D eigenvalue weighted by Crippen LogP contribution is -2.30. The first-order valence-electron chi connectivity index (χ1n) is 7.64. The highest BCUT2D eigenvalue weighted by Gasteiger charge is 2.19. The van der Waals surface area contributed by atoms with Crippen LogP contribution in [0.15, 0.2) is 54.7 Å². The summed E-state index contributed by atoms with van der Waals surface area (Å²) in [5, 5.41) is 0. The molecule has 1 aliphatic rings. The summed E-state index contributed by atoms with van der Waals surface area (Å²) in [6, 6.07) is 16.8. The average molecular weight is 282 g/mol. The number of pyridine rings is 1. The van der Waals surface area contributed by atoms with E-state index >= 15 is 0 Å². The summed E-state index contributed by atoms with van der Waals surface area (Å²) >= 11 is 0. The lowest BCUT2D eigenvalue weighted by atomic mass is 10.0. The minimum absolute atomic E-state index is 0.520. The van der Waals surface area contributed by atoms with Gasteiger partial charge in [0.05, 0.1) is 13.2 Å². The first kappa shape index (κ1) is 14.2. The second kappa shape index (κ2) is 7.34. The van der Waals surface area contributed by atoms with Crippen LogP contribution in [-0.2, 0) is 17.7 Å². The van der Waals surface area contributed by atoms with E-state index < -0.39 is 0 Å². The summed E-state index contributed by atoms with van der Waals surface area (Å²) in [5.74, 6) is 0.520. The van der Waals surface area contributed by atoms with Crippen LogP contribution < -0.4 is 0 Å². The molecule has 21 heavy (non-hydrogen) atoms. The van der Waals surface area contributed by atoms with Crippen molar-refractivity contribution < 1.29 is 4.74 Å². The van der Waals surface area contributed by atoms with Crippen LogP contribution in [-0.4, -0.2) is 36.2 Å². The second-order valence-corrected chi connectivity index (χ2v) is 5.69. The number of hydrogen-bond donors (Lipinski definition) is 0. The number of ether oxygens (including phenoxy) is 1. The van der Waals surface area contributed by atoms with Crippen LogP contribution in [0.3, 0.4) is 0 Å². The van der Waals surface area contributed by atoms with Crippen molar-refractivity contribution >= 4 is 0 Å². The monoisotopic (exact) mass is 282 g/mol. The molecule has 0 aliphatic carbocycles. The zero-order valence-electron chi connectivity index (χ0n) is 12.3. The van der Waals surface area contributed by atoms with E-state index in [2.05, 4.69) is 52.3 Å². The van der Waals surface area contributed by atoms with Crippen molar-refractivity contribution in [1.29, 1.82) is 0 Å². The van der Waals surface area contributed by atoms with E-state index in [4.69, 9.17) is 4.74 Å². The van der Waals surface area contributed by atoms with Crippen LogP contribution in [0.5, 0.6) is 0 Å². The first-order valence-corrected chi connectivity index (χ1v) is 7.64. The summed E-state index contributed by atoms with van der Waals surface area (Å²) in [6.07, 6.45) is 2.86. The van der Waals surface area contributed by atoms with Gasteiger partial charge in [-0.05, 0) is 24.1 Å². The molecule has 0 radical (unpaired) electrons. The molecule has 0 amide bonds. The Kier molecular flexibility index (Phi) is 4.98. The third-order valence-electron chi connectivity index (χ3n) is 3.89. The fraction of sp³-hybridized carbons (Fsp3) is 0.389. The van der Waals surface area contributed by atoms with Crippen LogP contribution in [0, 0.1) is 5.92 Å². The van der Waals surface area contributed by atoms with E-state index in [1.807, 2.05) is 12.3 Å². The standard InChI is InChI=1S/C18H22N2O/c1-2-6-16(7-3-1)13-20-10-11-21-15-17(14-20)12-18-8-4-5-9-19-18/h1-9,17H,10-15H2/t17-/m1/s1. The molecule has 1 aromatic heterocycles. The highest BCUT2D eigenvalue weighted by molar-refractivity contribution is 5.14. The van der Waals surface area contributed by atoms with Gasteiger partial charge in [-0.1, -0.05) is 36.4 Å². The summed E-state index contributed by atoms with van der Waals surface area (Å²) in [4.78, 5) is 6.93. The van der Waals surface area contributed by atoms with Gasteiger partial charge in [0.1, 0.15) is 0 Å². The molecule has 2 heterocycles. The molecule has 1 aromatic carbocycles. The van der Waals surface area contributed by atoms with Crippen molar-refractivity contribution in [1.82, 2.24) is 9.88 Å². The molecule has 0 N–H and O–H groups in total. The van der Waals surface area contributed by atoms with Crippen molar-refractivity contribution in [3.8, 4) is 0 Å². The molecule has 1 fully saturated rings. The van der Waals surface area contributed by atoms with Crippen molar-refractivity contribution in [3.05, 3.63) is 66.0 Å². The van der Waals surface area contributed by atoms with Crippen LogP contribution in [0.25, 0.3) is 0 Å². The number of aromatic nitrogens is 1. The zero-order chi connectivity index (χ0) is 14.3. The summed E-state index contributed by atoms with van der Waals surface area (Å²) < 4.78 is 5.78.